The third-order valence-corrected chi connectivity index (χ3v) is 5.05. The summed E-state index contributed by atoms with van der Waals surface area (Å²) in [6.07, 6.45) is 9.58. The first-order valence-corrected chi connectivity index (χ1v) is 7.97. The number of hydrogen-bond donors (Lipinski definition) is 1. The average molecular weight is 296 g/mol. The van der Waals surface area contributed by atoms with Gasteiger partial charge in [0.2, 0.25) is 0 Å². The molecule has 5 heteroatoms. The topological polar surface area (TPSA) is 29.9 Å². The molecule has 3 nitrogen and oxygen atoms in total. The molecule has 0 amide bonds. The Bertz CT molecular complexity index is 523. The van der Waals surface area contributed by atoms with Crippen molar-refractivity contribution in [3.05, 3.63) is 40.1 Å². The van der Waals surface area contributed by atoms with Gasteiger partial charge in [-0.3, -0.25) is 0 Å². The van der Waals surface area contributed by atoms with E-state index in [0.717, 1.165) is 4.34 Å². The van der Waals surface area contributed by atoms with Crippen LogP contribution in [-0.4, -0.2) is 15.6 Å². The fourth-order valence-corrected chi connectivity index (χ4v) is 3.91. The second kappa shape index (κ2) is 5.65. The SMILES string of the molecule is CC(NC1CCCC1n1ccnc1)c1csc(Cl)c1. The molecule has 1 saturated carbocycles. The zero-order chi connectivity index (χ0) is 13.2. The van der Waals surface area contributed by atoms with Crippen molar-refractivity contribution in [3.8, 4) is 0 Å². The van der Waals surface area contributed by atoms with Gasteiger partial charge in [0.05, 0.1) is 10.7 Å². The van der Waals surface area contributed by atoms with Crippen LogP contribution in [0.5, 0.6) is 0 Å². The van der Waals surface area contributed by atoms with Crippen LogP contribution in [-0.2, 0) is 0 Å². The van der Waals surface area contributed by atoms with E-state index >= 15 is 0 Å². The Morgan fingerprint density at radius 1 is 1.53 bits per heavy atom. The summed E-state index contributed by atoms with van der Waals surface area (Å²) in [6, 6.07) is 3.45. The molecule has 1 fully saturated rings. The van der Waals surface area contributed by atoms with Crippen molar-refractivity contribution in [1.82, 2.24) is 14.9 Å². The van der Waals surface area contributed by atoms with Crippen molar-refractivity contribution in [2.45, 2.75) is 44.3 Å². The summed E-state index contributed by atoms with van der Waals surface area (Å²) in [4.78, 5) is 4.16. The highest BCUT2D eigenvalue weighted by Gasteiger charge is 2.29. The second-order valence-corrected chi connectivity index (χ2v) is 6.73. The van der Waals surface area contributed by atoms with E-state index < -0.39 is 0 Å². The van der Waals surface area contributed by atoms with Gasteiger partial charge in [0, 0.05) is 30.5 Å². The van der Waals surface area contributed by atoms with Crippen molar-refractivity contribution >= 4 is 22.9 Å². The molecule has 0 aliphatic heterocycles. The third-order valence-electron chi connectivity index (χ3n) is 3.94. The molecule has 1 aliphatic rings. The van der Waals surface area contributed by atoms with Crippen molar-refractivity contribution in [2.24, 2.45) is 0 Å². The average Bonchev–Trinajstić information content (AvgIpc) is 3.07. The molecule has 1 N–H and O–H groups in total. The number of rotatable bonds is 4. The number of aromatic nitrogens is 2. The smallest absolute Gasteiger partial charge is 0.0949 e. The summed E-state index contributed by atoms with van der Waals surface area (Å²) in [5.41, 5.74) is 1.28. The molecule has 0 aromatic carbocycles. The summed E-state index contributed by atoms with van der Waals surface area (Å²) < 4.78 is 3.10. The lowest BCUT2D eigenvalue weighted by molar-refractivity contribution is 0.363. The fraction of sp³-hybridized carbons (Fsp3) is 0.500. The Labute approximate surface area is 122 Å². The van der Waals surface area contributed by atoms with E-state index in [1.54, 1.807) is 11.3 Å². The lowest BCUT2D eigenvalue weighted by atomic mass is 10.1. The monoisotopic (exact) mass is 295 g/mol. The molecule has 3 rings (SSSR count). The molecule has 0 radical (unpaired) electrons. The third kappa shape index (κ3) is 2.86. The van der Waals surface area contributed by atoms with E-state index in [9.17, 15) is 0 Å². The van der Waals surface area contributed by atoms with E-state index in [4.69, 9.17) is 11.6 Å². The van der Waals surface area contributed by atoms with E-state index in [1.807, 2.05) is 12.5 Å². The number of thiophene rings is 1. The second-order valence-electron chi connectivity index (χ2n) is 5.19. The molecule has 102 valence electrons. The minimum Gasteiger partial charge on any atom is -0.333 e. The van der Waals surface area contributed by atoms with Gasteiger partial charge in [-0.1, -0.05) is 11.6 Å². The Morgan fingerprint density at radius 3 is 3.11 bits per heavy atom. The van der Waals surface area contributed by atoms with Crippen LogP contribution in [0.25, 0.3) is 0 Å². The van der Waals surface area contributed by atoms with Gasteiger partial charge in [-0.2, -0.15) is 0 Å². The quantitative estimate of drug-likeness (QED) is 0.922. The van der Waals surface area contributed by atoms with E-state index in [-0.39, 0.29) is 0 Å². The lowest BCUT2D eigenvalue weighted by Gasteiger charge is -2.25. The van der Waals surface area contributed by atoms with E-state index in [1.165, 1.54) is 24.8 Å². The first-order valence-electron chi connectivity index (χ1n) is 6.71. The molecular weight excluding hydrogens is 278 g/mol. The zero-order valence-corrected chi connectivity index (χ0v) is 12.5. The lowest BCUT2D eigenvalue weighted by Crippen LogP contribution is -2.35. The Kier molecular flexibility index (Phi) is 3.91. The van der Waals surface area contributed by atoms with Crippen molar-refractivity contribution in [2.75, 3.05) is 0 Å². The van der Waals surface area contributed by atoms with Crippen LogP contribution >= 0.6 is 22.9 Å². The highest BCUT2D eigenvalue weighted by Crippen LogP contribution is 2.32. The normalized spacial score (nSPS) is 24.7. The van der Waals surface area contributed by atoms with Gasteiger partial charge in [-0.05, 0) is 43.2 Å². The number of halogens is 1. The number of nitrogens with zero attached hydrogens (tertiary/aromatic N) is 2. The summed E-state index contributed by atoms with van der Waals surface area (Å²) in [5.74, 6) is 0. The summed E-state index contributed by atoms with van der Waals surface area (Å²) in [6.45, 7) is 2.21. The molecule has 0 spiro atoms. The van der Waals surface area contributed by atoms with Crippen LogP contribution in [0.15, 0.2) is 30.2 Å². The molecule has 3 unspecified atom stereocenters. The van der Waals surface area contributed by atoms with Gasteiger partial charge in [-0.25, -0.2) is 4.98 Å². The Hall–Kier alpha value is -0.840. The largest absolute Gasteiger partial charge is 0.333 e. The molecule has 2 aromatic rings. The highest BCUT2D eigenvalue weighted by molar-refractivity contribution is 7.14. The van der Waals surface area contributed by atoms with Crippen LogP contribution < -0.4 is 5.32 Å². The van der Waals surface area contributed by atoms with Crippen LogP contribution in [0, 0.1) is 0 Å². The summed E-state index contributed by atoms with van der Waals surface area (Å²) >= 11 is 7.61. The fourth-order valence-electron chi connectivity index (χ4n) is 2.93. The Morgan fingerprint density at radius 2 is 2.42 bits per heavy atom. The minimum absolute atomic E-state index is 0.345. The Balaban J connectivity index is 1.68. The number of hydrogen-bond acceptors (Lipinski definition) is 3. The van der Waals surface area contributed by atoms with Crippen LogP contribution in [0.1, 0.15) is 43.8 Å². The predicted molar refractivity (Wildman–Crippen MR) is 79.8 cm³/mol. The standard InChI is InChI=1S/C14H18ClN3S/c1-10(11-7-14(15)19-8-11)17-12-3-2-4-13(12)18-6-5-16-9-18/h5-10,12-13,17H,2-4H2,1H3. The predicted octanol–water partition coefficient (Wildman–Crippen LogP) is 4.04. The van der Waals surface area contributed by atoms with Crippen molar-refractivity contribution in [1.29, 1.82) is 0 Å². The van der Waals surface area contributed by atoms with Gasteiger partial charge in [-0.15, -0.1) is 11.3 Å². The van der Waals surface area contributed by atoms with Crippen molar-refractivity contribution in [3.63, 3.8) is 0 Å². The summed E-state index contributed by atoms with van der Waals surface area (Å²) in [7, 11) is 0. The first kappa shape index (κ1) is 13.2. The molecule has 0 saturated heterocycles. The van der Waals surface area contributed by atoms with Crippen LogP contribution in [0.3, 0.4) is 0 Å². The van der Waals surface area contributed by atoms with Gasteiger partial charge >= 0.3 is 0 Å². The van der Waals surface area contributed by atoms with Gasteiger partial charge in [0.25, 0.3) is 0 Å². The maximum atomic E-state index is 6.01. The van der Waals surface area contributed by atoms with Gasteiger partial charge in [0.1, 0.15) is 0 Å². The molecule has 2 aromatic heterocycles. The van der Waals surface area contributed by atoms with E-state index in [2.05, 4.69) is 39.4 Å². The highest BCUT2D eigenvalue weighted by atomic mass is 35.5. The number of nitrogens with one attached hydrogen (secondary N) is 1. The molecule has 3 atom stereocenters. The molecule has 2 heterocycles. The minimum atomic E-state index is 0.345. The van der Waals surface area contributed by atoms with Crippen LogP contribution in [0.4, 0.5) is 0 Å². The zero-order valence-electron chi connectivity index (χ0n) is 10.9. The molecule has 1 aliphatic carbocycles. The maximum absolute atomic E-state index is 6.01. The molecule has 19 heavy (non-hydrogen) atoms. The van der Waals surface area contributed by atoms with Crippen molar-refractivity contribution < 1.29 is 0 Å². The molecular formula is C14H18ClN3S. The van der Waals surface area contributed by atoms with Gasteiger partial charge < -0.3 is 9.88 Å². The maximum Gasteiger partial charge on any atom is 0.0949 e. The molecule has 0 bridgehead atoms. The van der Waals surface area contributed by atoms with Gasteiger partial charge in [0.15, 0.2) is 0 Å². The van der Waals surface area contributed by atoms with E-state index in [0.29, 0.717) is 18.1 Å². The summed E-state index contributed by atoms with van der Waals surface area (Å²) in [5, 5.41) is 5.89. The number of imidazole rings is 1. The van der Waals surface area contributed by atoms with Crippen LogP contribution in [0.2, 0.25) is 4.34 Å². The first-order chi connectivity index (χ1) is 9.24.